The quantitative estimate of drug-likeness (QED) is 0.239. The molecule has 0 rings (SSSR count). The van der Waals surface area contributed by atoms with E-state index in [4.69, 9.17) is 32.4 Å². The molecule has 0 heterocycles. The Kier molecular flexibility index (Phi) is 11.4. The van der Waals surface area contributed by atoms with Gasteiger partial charge < -0.3 is 9.68 Å². The van der Waals surface area contributed by atoms with Gasteiger partial charge in [-0.15, -0.1) is 7.21 Å². The van der Waals surface area contributed by atoms with Crippen LogP contribution in [-0.4, -0.2) is 25.8 Å². The Labute approximate surface area is 195 Å². The van der Waals surface area contributed by atoms with Crippen LogP contribution < -0.4 is 0 Å². The van der Waals surface area contributed by atoms with Gasteiger partial charge in [0.25, 0.3) is 0 Å². The summed E-state index contributed by atoms with van der Waals surface area (Å²) in [5.74, 6) is 0. The summed E-state index contributed by atoms with van der Waals surface area (Å²) >= 11 is -1.92. The Hall–Kier alpha value is 2.04. The van der Waals surface area contributed by atoms with Crippen molar-refractivity contribution < 1.29 is 14.7 Å². The van der Waals surface area contributed by atoms with E-state index >= 15 is 0 Å². The molecule has 2 nitrogen and oxygen atoms in total. The maximum absolute atomic E-state index is 12.1. The van der Waals surface area contributed by atoms with E-state index < -0.39 is 28.9 Å². The zero-order valence-corrected chi connectivity index (χ0v) is 26.5. The van der Waals surface area contributed by atoms with Gasteiger partial charge in [0, 0.05) is 0 Å². The van der Waals surface area contributed by atoms with E-state index in [2.05, 4.69) is 104 Å². The summed E-state index contributed by atoms with van der Waals surface area (Å²) < 4.78 is 5.67. The number of hydrogen-bond donors (Lipinski definition) is 0. The van der Waals surface area contributed by atoms with E-state index in [1.165, 1.54) is 0 Å². The van der Waals surface area contributed by atoms with Gasteiger partial charge in [0.1, 0.15) is 0 Å². The number of halogens is 3. The van der Waals surface area contributed by atoms with Crippen LogP contribution >= 0.6 is 42.2 Å². The first-order chi connectivity index (χ1) is 11.7. The fourth-order valence-corrected chi connectivity index (χ4v) is 19.9. The molecule has 170 valence electrons. The summed E-state index contributed by atoms with van der Waals surface area (Å²) in [6.07, 6.45) is 0. The normalized spacial score (nSPS) is 14.9. The van der Waals surface area contributed by atoms with Crippen molar-refractivity contribution >= 4 is 42.2 Å². The van der Waals surface area contributed by atoms with Crippen molar-refractivity contribution in [1.29, 1.82) is 0 Å². The van der Waals surface area contributed by atoms with Crippen LogP contribution in [0.2, 0.25) is 0 Å². The van der Waals surface area contributed by atoms with Crippen LogP contribution in [-0.2, 0) is 14.7 Å². The van der Waals surface area contributed by atoms with Crippen molar-refractivity contribution in [2.45, 2.75) is 130 Å². The van der Waals surface area contributed by atoms with Crippen LogP contribution in [0.4, 0.5) is 0 Å². The van der Waals surface area contributed by atoms with Gasteiger partial charge in [0.15, 0.2) is 0 Å². The van der Waals surface area contributed by atoms with E-state index in [0.29, 0.717) is 0 Å². The molecule has 0 saturated carbocycles. The fraction of sp³-hybridized carbons (Fsp3) is 1.00. The zero-order valence-electron chi connectivity index (χ0n) is 20.9. The second-order valence-corrected chi connectivity index (χ2v) is 30.0. The number of nitrogens with zero attached hydrogens (tertiary/aromatic N) is 2. The monoisotopic (exact) mass is 528 g/mol. The third kappa shape index (κ3) is 7.29. The van der Waals surface area contributed by atoms with Gasteiger partial charge in [-0.1, -0.05) is 104 Å². The van der Waals surface area contributed by atoms with E-state index in [1.807, 2.05) is 0 Å². The second-order valence-electron chi connectivity index (χ2n) is 12.4. The van der Waals surface area contributed by atoms with Gasteiger partial charge in [-0.3, -0.25) is 0 Å². The molecule has 0 amide bonds. The van der Waals surface area contributed by atoms with Gasteiger partial charge >= 0.3 is 42.6 Å². The first-order valence-electron chi connectivity index (χ1n) is 9.78. The summed E-state index contributed by atoms with van der Waals surface area (Å²) in [4.78, 5) is 0. The van der Waals surface area contributed by atoms with Crippen LogP contribution in [0, 0.1) is 0 Å². The van der Waals surface area contributed by atoms with Crippen LogP contribution in [0.3, 0.4) is 0 Å². The van der Waals surface area contributed by atoms with Gasteiger partial charge in [-0.05, 0) is 32.8 Å². The minimum absolute atomic E-state index is 0.0357. The molecule has 28 heavy (non-hydrogen) atoms. The Morgan fingerprint density at radius 1 is 0.536 bits per heavy atom. The molecule has 0 aromatic heterocycles. The number of rotatable bonds is 1. The molecule has 0 aliphatic rings. The van der Waals surface area contributed by atoms with Gasteiger partial charge in [0.2, 0.25) is 0 Å². The molecule has 0 aliphatic carbocycles. The Balaban J connectivity index is 0. The average Bonchev–Trinajstić information content (AvgIpc) is 2.26. The van der Waals surface area contributed by atoms with Crippen LogP contribution in [0.15, 0.2) is 4.52 Å². The van der Waals surface area contributed by atoms with Gasteiger partial charge in [0.05, 0.1) is 0 Å². The molecule has 0 fully saturated rings. The third-order valence-corrected chi connectivity index (χ3v) is 16.7. The second kappa shape index (κ2) is 9.90. The molecule has 0 unspecified atom stereocenters. The molecule has 0 bridgehead atoms. The molecule has 0 N–H and O–H groups in total. The first-order valence-corrected chi connectivity index (χ1v) is 19.7. The van der Waals surface area contributed by atoms with Crippen LogP contribution in [0.1, 0.15) is 104 Å². The van der Waals surface area contributed by atoms with Crippen LogP contribution in [0.25, 0.3) is 5.16 Å². The summed E-state index contributed by atoms with van der Waals surface area (Å²) in [6, 6.07) is 0. The van der Waals surface area contributed by atoms with Crippen molar-refractivity contribution in [3.05, 3.63) is 5.16 Å². The van der Waals surface area contributed by atoms with Crippen molar-refractivity contribution in [3.8, 4) is 0 Å². The standard InChI is InChI=1S/C20H45N2P2.3ClH.Ti/c1-16(2,3)23(17(4,5)6,18(7,8)9)22-24(21,19(10,11)12)20(13,14)15;;;;/h1-15H3;3*1H;/q-1;;;;+4/p-3. The Morgan fingerprint density at radius 2 is 0.714 bits per heavy atom. The summed E-state index contributed by atoms with van der Waals surface area (Å²) in [6.45, 7) is 34.0. The molecular weight excluding hydrogens is 484 g/mol. The van der Waals surface area contributed by atoms with Crippen molar-refractivity contribution in [2.24, 2.45) is 4.52 Å². The molecule has 8 heteroatoms. The third-order valence-electron chi connectivity index (χ3n) is 5.05. The molecule has 0 atom stereocenters. The van der Waals surface area contributed by atoms with Crippen LogP contribution in [0.5, 0.6) is 0 Å². The van der Waals surface area contributed by atoms with E-state index in [9.17, 15) is 5.16 Å². The van der Waals surface area contributed by atoms with Crippen molar-refractivity contribution in [1.82, 2.24) is 0 Å². The van der Waals surface area contributed by atoms with E-state index in [1.54, 1.807) is 0 Å². The molecule has 0 aliphatic heterocycles. The van der Waals surface area contributed by atoms with E-state index in [0.717, 1.165) is 0 Å². The molecule has 0 radical (unpaired) electrons. The number of hydrogen-bond acceptors (Lipinski definition) is 0. The van der Waals surface area contributed by atoms with Gasteiger partial charge in [-0.25, -0.2) is 0 Å². The maximum atomic E-state index is 12.1. The predicted molar refractivity (Wildman–Crippen MR) is 136 cm³/mol. The Bertz CT molecular complexity index is 548. The molecule has 0 aromatic rings. The SMILES string of the molecule is CC(C)(C)P(=[N-])(N=P(C(C)(C)C)(C(C)(C)C)C(C)(C)C)C(C)(C)C.[Cl][Ti+]([Cl])[Cl]. The van der Waals surface area contributed by atoms with E-state index in [-0.39, 0.29) is 25.8 Å². The Morgan fingerprint density at radius 3 is 0.821 bits per heavy atom. The summed E-state index contributed by atoms with van der Waals surface area (Å²) in [7, 11) is 10.4. The van der Waals surface area contributed by atoms with Crippen molar-refractivity contribution in [2.75, 3.05) is 0 Å². The summed E-state index contributed by atoms with van der Waals surface area (Å²) in [5, 5.41) is 11.7. The predicted octanol–water partition coefficient (Wildman–Crippen LogP) is 10.9. The molecule has 0 saturated heterocycles. The minimum atomic E-state index is -2.57. The van der Waals surface area contributed by atoms with Crippen molar-refractivity contribution in [3.63, 3.8) is 0 Å². The fourth-order valence-electron chi connectivity index (χ4n) is 4.89. The van der Waals surface area contributed by atoms with Gasteiger partial charge in [-0.2, -0.15) is 0 Å². The molecule has 0 spiro atoms. The first kappa shape index (κ1) is 32.2. The molecule has 0 aromatic carbocycles. The zero-order chi connectivity index (χ0) is 23.8. The summed E-state index contributed by atoms with van der Waals surface area (Å²) in [5.41, 5.74) is 0. The molecular formula is C20H45Cl3N2P2Ti. The topological polar surface area (TPSA) is 34.7 Å². The average molecular weight is 530 g/mol.